The number of ether oxygens (including phenoxy) is 1. The average Bonchev–Trinajstić information content (AvgIpc) is 2.92. The second kappa shape index (κ2) is 7.46. The minimum Gasteiger partial charge on any atom is -0.493 e. The fraction of sp³-hybridized carbons (Fsp3) is 0.588. The summed E-state index contributed by atoms with van der Waals surface area (Å²) in [7, 11) is 1.96. The van der Waals surface area contributed by atoms with Gasteiger partial charge in [0.05, 0.1) is 13.0 Å². The smallest absolute Gasteiger partial charge is 0.226 e. The average molecular weight is 290 g/mol. The zero-order valence-electron chi connectivity index (χ0n) is 13.3. The van der Waals surface area contributed by atoms with Crippen molar-refractivity contribution in [3.63, 3.8) is 0 Å². The van der Waals surface area contributed by atoms with Gasteiger partial charge in [0.2, 0.25) is 5.91 Å². The Morgan fingerprint density at radius 2 is 2.24 bits per heavy atom. The molecule has 21 heavy (non-hydrogen) atoms. The number of rotatable bonds is 6. The van der Waals surface area contributed by atoms with Gasteiger partial charge in [0.25, 0.3) is 0 Å². The number of benzene rings is 1. The third kappa shape index (κ3) is 4.46. The predicted molar refractivity (Wildman–Crippen MR) is 84.6 cm³/mol. The summed E-state index contributed by atoms with van der Waals surface area (Å²) in [6.45, 7) is 7.28. The molecule has 4 nitrogen and oxygen atoms in total. The van der Waals surface area contributed by atoms with E-state index in [1.54, 1.807) is 0 Å². The van der Waals surface area contributed by atoms with E-state index in [1.807, 2.05) is 31.9 Å². The lowest BCUT2D eigenvalue weighted by atomic mass is 10.1. The van der Waals surface area contributed by atoms with Crippen molar-refractivity contribution in [2.75, 3.05) is 33.3 Å². The SMILES string of the molecule is CNC[C@@H]1CCN(C(=O)CCOc2cc(C)ccc2C)C1. The summed E-state index contributed by atoms with van der Waals surface area (Å²) in [5.74, 6) is 1.69. The second-order valence-electron chi connectivity index (χ2n) is 5.92. The molecule has 1 saturated heterocycles. The maximum atomic E-state index is 12.2. The highest BCUT2D eigenvalue weighted by Gasteiger charge is 2.25. The summed E-state index contributed by atoms with van der Waals surface area (Å²) in [6.07, 6.45) is 1.56. The van der Waals surface area contributed by atoms with Gasteiger partial charge >= 0.3 is 0 Å². The molecule has 0 spiro atoms. The first-order valence-corrected chi connectivity index (χ1v) is 7.72. The first-order valence-electron chi connectivity index (χ1n) is 7.72. The number of amides is 1. The largest absolute Gasteiger partial charge is 0.493 e. The number of nitrogens with zero attached hydrogens (tertiary/aromatic N) is 1. The van der Waals surface area contributed by atoms with Crippen molar-refractivity contribution >= 4 is 5.91 Å². The topological polar surface area (TPSA) is 41.6 Å². The first kappa shape index (κ1) is 15.8. The number of nitrogens with one attached hydrogen (secondary N) is 1. The van der Waals surface area contributed by atoms with Crippen LogP contribution in [0.15, 0.2) is 18.2 Å². The van der Waals surface area contributed by atoms with Crippen molar-refractivity contribution in [1.82, 2.24) is 10.2 Å². The number of carbonyl (C=O) groups excluding carboxylic acids is 1. The van der Waals surface area contributed by atoms with Crippen LogP contribution in [-0.4, -0.2) is 44.1 Å². The quantitative estimate of drug-likeness (QED) is 0.873. The summed E-state index contributed by atoms with van der Waals surface area (Å²) in [4.78, 5) is 14.1. The number of hydrogen-bond acceptors (Lipinski definition) is 3. The molecule has 1 amide bonds. The summed E-state index contributed by atoms with van der Waals surface area (Å²) in [5.41, 5.74) is 2.29. The van der Waals surface area contributed by atoms with E-state index >= 15 is 0 Å². The van der Waals surface area contributed by atoms with Crippen LogP contribution >= 0.6 is 0 Å². The van der Waals surface area contributed by atoms with Crippen LogP contribution in [0.5, 0.6) is 5.75 Å². The Morgan fingerprint density at radius 1 is 1.43 bits per heavy atom. The van der Waals surface area contributed by atoms with Crippen molar-refractivity contribution in [3.8, 4) is 5.75 Å². The molecule has 0 aromatic heterocycles. The molecule has 4 heteroatoms. The molecule has 1 aromatic carbocycles. The fourth-order valence-corrected chi connectivity index (χ4v) is 2.78. The fourth-order valence-electron chi connectivity index (χ4n) is 2.78. The third-order valence-corrected chi connectivity index (χ3v) is 4.05. The van der Waals surface area contributed by atoms with Crippen molar-refractivity contribution in [1.29, 1.82) is 0 Å². The standard InChI is InChI=1S/C17H26N2O2/c1-13-4-5-14(2)16(10-13)21-9-7-17(20)19-8-6-15(12-19)11-18-3/h4-5,10,15,18H,6-9,11-12H2,1-3H3/t15-/m0/s1. The highest BCUT2D eigenvalue weighted by atomic mass is 16.5. The molecule has 2 rings (SSSR count). The molecule has 0 saturated carbocycles. The summed E-state index contributed by atoms with van der Waals surface area (Å²) < 4.78 is 5.76. The normalized spacial score (nSPS) is 18.0. The van der Waals surface area contributed by atoms with Crippen LogP contribution in [0, 0.1) is 19.8 Å². The third-order valence-electron chi connectivity index (χ3n) is 4.05. The van der Waals surface area contributed by atoms with Crippen LogP contribution < -0.4 is 10.1 Å². The van der Waals surface area contributed by atoms with E-state index < -0.39 is 0 Å². The molecule has 0 bridgehead atoms. The predicted octanol–water partition coefficient (Wildman–Crippen LogP) is 2.14. The Kier molecular flexibility index (Phi) is 5.62. The van der Waals surface area contributed by atoms with Gasteiger partial charge in [-0.15, -0.1) is 0 Å². The molecule has 1 atom stereocenters. The molecule has 1 N–H and O–H groups in total. The van der Waals surface area contributed by atoms with Crippen LogP contribution in [-0.2, 0) is 4.79 Å². The lowest BCUT2D eigenvalue weighted by Gasteiger charge is -2.17. The molecule has 1 aromatic rings. The maximum absolute atomic E-state index is 12.2. The van der Waals surface area contributed by atoms with Crippen LogP contribution in [0.2, 0.25) is 0 Å². The van der Waals surface area contributed by atoms with Crippen LogP contribution in [0.4, 0.5) is 0 Å². The van der Waals surface area contributed by atoms with Crippen LogP contribution in [0.3, 0.4) is 0 Å². The van der Waals surface area contributed by atoms with E-state index in [9.17, 15) is 4.79 Å². The highest BCUT2D eigenvalue weighted by Crippen LogP contribution is 2.20. The maximum Gasteiger partial charge on any atom is 0.226 e. The van der Waals surface area contributed by atoms with Gasteiger partial charge in [-0.05, 0) is 57.0 Å². The second-order valence-corrected chi connectivity index (χ2v) is 5.92. The number of carbonyl (C=O) groups is 1. The van der Waals surface area contributed by atoms with Gasteiger partial charge in [-0.2, -0.15) is 0 Å². The molecule has 116 valence electrons. The molecule has 1 aliphatic rings. The van der Waals surface area contributed by atoms with E-state index in [1.165, 1.54) is 5.56 Å². The van der Waals surface area contributed by atoms with Gasteiger partial charge in [0, 0.05) is 13.1 Å². The first-order chi connectivity index (χ1) is 10.1. The number of hydrogen-bond donors (Lipinski definition) is 1. The van der Waals surface area contributed by atoms with Crippen molar-refractivity contribution in [3.05, 3.63) is 29.3 Å². The van der Waals surface area contributed by atoms with E-state index in [0.717, 1.165) is 37.4 Å². The Labute approximate surface area is 127 Å². The Balaban J connectivity index is 1.76. The van der Waals surface area contributed by atoms with Gasteiger partial charge < -0.3 is 15.0 Å². The Bertz CT molecular complexity index is 488. The Morgan fingerprint density at radius 3 is 3.00 bits per heavy atom. The minimum absolute atomic E-state index is 0.207. The lowest BCUT2D eigenvalue weighted by Crippen LogP contribution is -2.31. The van der Waals surface area contributed by atoms with E-state index in [2.05, 4.69) is 17.4 Å². The zero-order chi connectivity index (χ0) is 15.2. The van der Waals surface area contributed by atoms with Gasteiger partial charge in [-0.25, -0.2) is 0 Å². The molecular weight excluding hydrogens is 264 g/mol. The van der Waals surface area contributed by atoms with Crippen LogP contribution in [0.25, 0.3) is 0 Å². The van der Waals surface area contributed by atoms with Crippen molar-refractivity contribution in [2.45, 2.75) is 26.7 Å². The Hall–Kier alpha value is -1.55. The molecule has 0 aliphatic carbocycles. The van der Waals surface area contributed by atoms with Gasteiger partial charge in [-0.3, -0.25) is 4.79 Å². The summed E-state index contributed by atoms with van der Waals surface area (Å²) >= 11 is 0. The van der Waals surface area contributed by atoms with Crippen molar-refractivity contribution < 1.29 is 9.53 Å². The number of likely N-dealkylation sites (tertiary alicyclic amines) is 1. The van der Waals surface area contributed by atoms with E-state index in [-0.39, 0.29) is 5.91 Å². The summed E-state index contributed by atoms with van der Waals surface area (Å²) in [6, 6.07) is 6.15. The molecular formula is C17H26N2O2. The molecule has 1 heterocycles. The zero-order valence-corrected chi connectivity index (χ0v) is 13.3. The van der Waals surface area contributed by atoms with Gasteiger partial charge in [0.1, 0.15) is 5.75 Å². The molecule has 1 aliphatic heterocycles. The van der Waals surface area contributed by atoms with E-state index in [4.69, 9.17) is 4.74 Å². The lowest BCUT2D eigenvalue weighted by molar-refractivity contribution is -0.130. The molecule has 0 unspecified atom stereocenters. The highest BCUT2D eigenvalue weighted by molar-refractivity contribution is 5.76. The summed E-state index contributed by atoms with van der Waals surface area (Å²) in [5, 5.41) is 3.18. The van der Waals surface area contributed by atoms with E-state index in [0.29, 0.717) is 18.9 Å². The monoisotopic (exact) mass is 290 g/mol. The van der Waals surface area contributed by atoms with Gasteiger partial charge in [0.15, 0.2) is 0 Å². The number of aryl methyl sites for hydroxylation is 2. The minimum atomic E-state index is 0.207. The van der Waals surface area contributed by atoms with Crippen molar-refractivity contribution in [2.24, 2.45) is 5.92 Å². The van der Waals surface area contributed by atoms with Gasteiger partial charge in [-0.1, -0.05) is 12.1 Å². The molecule has 0 radical (unpaired) electrons. The molecule has 1 fully saturated rings. The van der Waals surface area contributed by atoms with Crippen LogP contribution in [0.1, 0.15) is 24.0 Å².